The molecule has 0 saturated heterocycles. The Balaban J connectivity index is 2.32. The molecule has 0 atom stereocenters. The summed E-state index contributed by atoms with van der Waals surface area (Å²) in [4.78, 5) is 7.52. The monoisotopic (exact) mass is 273 g/mol. The second-order valence-corrected chi connectivity index (χ2v) is 4.97. The van der Waals surface area contributed by atoms with E-state index >= 15 is 0 Å². The number of hydrogen-bond donors (Lipinski definition) is 1. The van der Waals surface area contributed by atoms with E-state index in [0.717, 1.165) is 22.4 Å². The quantitative estimate of drug-likeness (QED) is 0.683. The van der Waals surface area contributed by atoms with Crippen molar-refractivity contribution in [1.82, 2.24) is 14.5 Å². The molecule has 3 rings (SSSR count). The van der Waals surface area contributed by atoms with Crippen molar-refractivity contribution in [3.8, 4) is 5.69 Å². The molecule has 0 aliphatic rings. The summed E-state index contributed by atoms with van der Waals surface area (Å²) in [5.41, 5.74) is 4.09. The van der Waals surface area contributed by atoms with Gasteiger partial charge in [0, 0.05) is 6.20 Å². The van der Waals surface area contributed by atoms with Crippen LogP contribution in [0.25, 0.3) is 16.9 Å². The Bertz CT molecular complexity index is 832. The molecular formula is C14H12FN3S. The molecule has 0 saturated carbocycles. The van der Waals surface area contributed by atoms with Crippen molar-refractivity contribution in [2.24, 2.45) is 0 Å². The van der Waals surface area contributed by atoms with E-state index in [1.54, 1.807) is 25.3 Å². The molecule has 3 nitrogen and oxygen atoms in total. The van der Waals surface area contributed by atoms with E-state index in [-0.39, 0.29) is 5.82 Å². The topological polar surface area (TPSA) is 33.6 Å². The third-order valence-electron chi connectivity index (χ3n) is 3.06. The molecule has 0 unspecified atom stereocenters. The molecule has 0 amide bonds. The minimum absolute atomic E-state index is 0.223. The van der Waals surface area contributed by atoms with Crippen molar-refractivity contribution in [3.05, 3.63) is 52.2 Å². The van der Waals surface area contributed by atoms with Gasteiger partial charge in [0.2, 0.25) is 0 Å². The summed E-state index contributed by atoms with van der Waals surface area (Å²) in [6.07, 6.45) is 1.79. The first-order valence-electron chi connectivity index (χ1n) is 5.90. The number of aromatic amines is 1. The SMILES string of the molecule is Cc1cnc2c(c1)[nH]c(=S)n2-c1ccc(F)c(C)c1. The summed E-state index contributed by atoms with van der Waals surface area (Å²) in [5.74, 6) is -0.223. The number of benzene rings is 1. The molecule has 0 bridgehead atoms. The van der Waals surface area contributed by atoms with Gasteiger partial charge in [-0.3, -0.25) is 4.57 Å². The van der Waals surface area contributed by atoms with Gasteiger partial charge < -0.3 is 4.98 Å². The molecule has 0 aliphatic carbocycles. The summed E-state index contributed by atoms with van der Waals surface area (Å²) < 4.78 is 15.7. The van der Waals surface area contributed by atoms with Crippen LogP contribution >= 0.6 is 12.2 Å². The number of fused-ring (bicyclic) bond motifs is 1. The summed E-state index contributed by atoms with van der Waals surface area (Å²) in [6.45, 7) is 3.71. The van der Waals surface area contributed by atoms with Crippen LogP contribution in [0.3, 0.4) is 0 Å². The fourth-order valence-electron chi connectivity index (χ4n) is 2.11. The second kappa shape index (κ2) is 4.28. The molecule has 19 heavy (non-hydrogen) atoms. The highest BCUT2D eigenvalue weighted by Crippen LogP contribution is 2.20. The molecule has 5 heteroatoms. The average molecular weight is 273 g/mol. The zero-order valence-electron chi connectivity index (χ0n) is 10.6. The molecular weight excluding hydrogens is 261 g/mol. The minimum atomic E-state index is -0.223. The number of imidazole rings is 1. The lowest BCUT2D eigenvalue weighted by Crippen LogP contribution is -1.97. The average Bonchev–Trinajstić information content (AvgIpc) is 2.68. The first kappa shape index (κ1) is 12.0. The highest BCUT2D eigenvalue weighted by atomic mass is 32.1. The van der Waals surface area contributed by atoms with Crippen molar-refractivity contribution >= 4 is 23.4 Å². The fraction of sp³-hybridized carbons (Fsp3) is 0.143. The Morgan fingerprint density at radius 2 is 2.05 bits per heavy atom. The van der Waals surface area contributed by atoms with Crippen LogP contribution in [-0.2, 0) is 0 Å². The molecule has 1 aromatic carbocycles. The van der Waals surface area contributed by atoms with E-state index in [4.69, 9.17) is 12.2 Å². The van der Waals surface area contributed by atoms with Gasteiger partial charge >= 0.3 is 0 Å². The van der Waals surface area contributed by atoms with E-state index in [0.29, 0.717) is 10.3 Å². The number of aromatic nitrogens is 3. The largest absolute Gasteiger partial charge is 0.329 e. The van der Waals surface area contributed by atoms with Crippen molar-refractivity contribution in [3.63, 3.8) is 0 Å². The van der Waals surface area contributed by atoms with Crippen LogP contribution in [0.4, 0.5) is 4.39 Å². The number of H-pyrrole nitrogens is 1. The number of aryl methyl sites for hydroxylation is 2. The molecule has 96 valence electrons. The highest BCUT2D eigenvalue weighted by Gasteiger charge is 2.09. The summed E-state index contributed by atoms with van der Waals surface area (Å²) in [5, 5.41) is 0. The molecule has 0 fully saturated rings. The third-order valence-corrected chi connectivity index (χ3v) is 3.34. The second-order valence-electron chi connectivity index (χ2n) is 4.58. The molecule has 1 N–H and O–H groups in total. The lowest BCUT2D eigenvalue weighted by Gasteiger charge is -2.05. The summed E-state index contributed by atoms with van der Waals surface area (Å²) >= 11 is 5.33. The van der Waals surface area contributed by atoms with Gasteiger partial charge in [-0.25, -0.2) is 9.37 Å². The standard InChI is InChI=1S/C14H12FN3S/c1-8-5-12-13(16-7-8)18(14(19)17-12)10-3-4-11(15)9(2)6-10/h3-7H,1-2H3,(H,17,19). The minimum Gasteiger partial charge on any atom is -0.329 e. The molecule has 2 heterocycles. The zero-order chi connectivity index (χ0) is 13.6. The van der Waals surface area contributed by atoms with Crippen molar-refractivity contribution in [2.45, 2.75) is 13.8 Å². The van der Waals surface area contributed by atoms with Gasteiger partial charge in [-0.05, 0) is 61.5 Å². The van der Waals surface area contributed by atoms with E-state index in [2.05, 4.69) is 9.97 Å². The van der Waals surface area contributed by atoms with Crippen LogP contribution < -0.4 is 0 Å². The number of halogens is 1. The lowest BCUT2D eigenvalue weighted by molar-refractivity contribution is 0.618. The van der Waals surface area contributed by atoms with Gasteiger partial charge in [-0.1, -0.05) is 0 Å². The maximum Gasteiger partial charge on any atom is 0.183 e. The number of pyridine rings is 1. The molecule has 0 aliphatic heterocycles. The Morgan fingerprint density at radius 3 is 2.79 bits per heavy atom. The molecule has 0 radical (unpaired) electrons. The number of nitrogens with zero attached hydrogens (tertiary/aromatic N) is 2. The van der Waals surface area contributed by atoms with Gasteiger partial charge in [-0.15, -0.1) is 0 Å². The predicted octanol–water partition coefficient (Wildman–Crippen LogP) is 3.84. The number of hydrogen-bond acceptors (Lipinski definition) is 2. The maximum atomic E-state index is 13.3. The van der Waals surface area contributed by atoms with Crippen LogP contribution in [0.5, 0.6) is 0 Å². The van der Waals surface area contributed by atoms with Crippen LogP contribution in [0, 0.1) is 24.4 Å². The molecule has 2 aromatic heterocycles. The number of rotatable bonds is 1. The van der Waals surface area contributed by atoms with Crippen LogP contribution in [-0.4, -0.2) is 14.5 Å². The van der Waals surface area contributed by atoms with Crippen molar-refractivity contribution in [1.29, 1.82) is 0 Å². The van der Waals surface area contributed by atoms with Gasteiger partial charge in [0.25, 0.3) is 0 Å². The highest BCUT2D eigenvalue weighted by molar-refractivity contribution is 7.71. The molecule has 0 spiro atoms. The first-order valence-corrected chi connectivity index (χ1v) is 6.31. The first-order chi connectivity index (χ1) is 9.06. The van der Waals surface area contributed by atoms with E-state index in [9.17, 15) is 4.39 Å². The number of nitrogens with one attached hydrogen (secondary N) is 1. The maximum absolute atomic E-state index is 13.3. The Hall–Kier alpha value is -2.01. The van der Waals surface area contributed by atoms with E-state index in [1.807, 2.05) is 17.6 Å². The summed E-state index contributed by atoms with van der Waals surface area (Å²) in [6, 6.07) is 6.90. The van der Waals surface area contributed by atoms with Crippen molar-refractivity contribution in [2.75, 3.05) is 0 Å². The van der Waals surface area contributed by atoms with Gasteiger partial charge in [0.1, 0.15) is 5.82 Å². The van der Waals surface area contributed by atoms with Crippen molar-refractivity contribution < 1.29 is 4.39 Å². The molecule has 3 aromatic rings. The van der Waals surface area contributed by atoms with Crippen LogP contribution in [0.15, 0.2) is 30.5 Å². The van der Waals surface area contributed by atoms with Crippen LogP contribution in [0.2, 0.25) is 0 Å². The zero-order valence-corrected chi connectivity index (χ0v) is 11.4. The Labute approximate surface area is 114 Å². The lowest BCUT2D eigenvalue weighted by atomic mass is 10.2. The van der Waals surface area contributed by atoms with Gasteiger partial charge in [0.15, 0.2) is 10.4 Å². The smallest absolute Gasteiger partial charge is 0.183 e. The van der Waals surface area contributed by atoms with E-state index in [1.165, 1.54) is 6.07 Å². The van der Waals surface area contributed by atoms with Crippen LogP contribution in [0.1, 0.15) is 11.1 Å². The normalized spacial score (nSPS) is 11.1. The summed E-state index contributed by atoms with van der Waals surface area (Å²) in [7, 11) is 0. The van der Waals surface area contributed by atoms with Gasteiger partial charge in [0.05, 0.1) is 11.2 Å². The Morgan fingerprint density at radius 1 is 1.26 bits per heavy atom. The van der Waals surface area contributed by atoms with E-state index < -0.39 is 0 Å². The Kier molecular flexibility index (Phi) is 2.71. The predicted molar refractivity (Wildman–Crippen MR) is 75.7 cm³/mol. The fourth-order valence-corrected chi connectivity index (χ4v) is 2.41. The van der Waals surface area contributed by atoms with Gasteiger partial charge in [-0.2, -0.15) is 0 Å². The third kappa shape index (κ3) is 1.96.